The van der Waals surface area contributed by atoms with Crippen molar-refractivity contribution in [2.24, 2.45) is 5.92 Å². The highest BCUT2D eigenvalue weighted by Crippen LogP contribution is 2.30. The van der Waals surface area contributed by atoms with Gasteiger partial charge in [0.05, 0.1) is 13.1 Å². The molecule has 3 fully saturated rings. The van der Waals surface area contributed by atoms with Crippen LogP contribution in [0.15, 0.2) is 0 Å². The minimum atomic E-state index is -0.434. The van der Waals surface area contributed by atoms with E-state index >= 15 is 0 Å². The number of fused-ring (bicyclic) bond motifs is 1. The van der Waals surface area contributed by atoms with Crippen LogP contribution in [0.5, 0.6) is 0 Å². The topological polar surface area (TPSA) is 64.2 Å². The molecule has 0 spiro atoms. The number of piperazine rings is 1. The zero-order chi connectivity index (χ0) is 18.0. The van der Waals surface area contributed by atoms with Crippen LogP contribution < -0.4 is 0 Å². The van der Waals surface area contributed by atoms with Crippen molar-refractivity contribution >= 4 is 18.2 Å². The summed E-state index contributed by atoms with van der Waals surface area (Å²) in [5.41, 5.74) is 0. The molecule has 3 rings (SSSR count). The van der Waals surface area contributed by atoms with Crippen molar-refractivity contribution in [1.29, 1.82) is 0 Å². The number of hydrazine groups is 1. The normalized spacial score (nSPS) is 29.1. The van der Waals surface area contributed by atoms with Crippen molar-refractivity contribution < 1.29 is 14.4 Å². The van der Waals surface area contributed by atoms with Crippen LogP contribution in [0.25, 0.3) is 0 Å². The first kappa shape index (κ1) is 18.2. The minimum absolute atomic E-state index is 0.0604. The first-order valence-corrected chi connectivity index (χ1v) is 9.61. The second-order valence-corrected chi connectivity index (χ2v) is 7.63. The standard InChI is InChI=1S/C18H30N4O3/c1-3-7-15-18(25)20(10-14-8-5-4-6-9-14)11-16-21(13-23)19(2)12-17(24)22(15)16/h13-16H,3-12H2,1-2H3/t15-,16?/m0/s1. The number of amides is 3. The molecule has 0 N–H and O–H groups in total. The third-order valence-corrected chi connectivity index (χ3v) is 5.86. The lowest BCUT2D eigenvalue weighted by molar-refractivity contribution is -0.197. The van der Waals surface area contributed by atoms with E-state index in [1.165, 1.54) is 32.1 Å². The lowest BCUT2D eigenvalue weighted by atomic mass is 9.88. The summed E-state index contributed by atoms with van der Waals surface area (Å²) in [5.74, 6) is 0.551. The molecule has 2 saturated heterocycles. The van der Waals surface area contributed by atoms with Crippen molar-refractivity contribution in [2.45, 2.75) is 64.1 Å². The van der Waals surface area contributed by atoms with Gasteiger partial charge in [0.1, 0.15) is 12.2 Å². The molecule has 25 heavy (non-hydrogen) atoms. The summed E-state index contributed by atoms with van der Waals surface area (Å²) in [6, 6.07) is -0.434. The maximum atomic E-state index is 13.1. The monoisotopic (exact) mass is 350 g/mol. The van der Waals surface area contributed by atoms with Crippen LogP contribution in [0.3, 0.4) is 0 Å². The summed E-state index contributed by atoms with van der Waals surface area (Å²) in [7, 11) is 1.75. The lowest BCUT2D eigenvalue weighted by Gasteiger charge is -2.54. The van der Waals surface area contributed by atoms with Gasteiger partial charge in [-0.1, -0.05) is 32.6 Å². The summed E-state index contributed by atoms with van der Waals surface area (Å²) in [6.07, 6.45) is 8.00. The van der Waals surface area contributed by atoms with Gasteiger partial charge in [0, 0.05) is 13.6 Å². The fourth-order valence-corrected chi connectivity index (χ4v) is 4.58. The van der Waals surface area contributed by atoms with E-state index in [0.717, 1.165) is 19.4 Å². The molecule has 1 unspecified atom stereocenters. The van der Waals surface area contributed by atoms with Crippen LogP contribution in [0.1, 0.15) is 51.9 Å². The Morgan fingerprint density at radius 2 is 1.88 bits per heavy atom. The third kappa shape index (κ3) is 3.52. The summed E-state index contributed by atoms with van der Waals surface area (Å²) in [6.45, 7) is 3.35. The van der Waals surface area contributed by atoms with E-state index in [-0.39, 0.29) is 24.5 Å². The van der Waals surface area contributed by atoms with Gasteiger partial charge in [-0.05, 0) is 25.2 Å². The van der Waals surface area contributed by atoms with Crippen LogP contribution in [-0.2, 0) is 14.4 Å². The molecule has 1 aliphatic carbocycles. The zero-order valence-electron chi connectivity index (χ0n) is 15.4. The largest absolute Gasteiger partial charge is 0.337 e. The van der Waals surface area contributed by atoms with Crippen molar-refractivity contribution in [3.8, 4) is 0 Å². The Morgan fingerprint density at radius 1 is 1.16 bits per heavy atom. The molecule has 3 amide bonds. The minimum Gasteiger partial charge on any atom is -0.337 e. The molecule has 0 aromatic rings. The van der Waals surface area contributed by atoms with Crippen LogP contribution in [0.2, 0.25) is 0 Å². The van der Waals surface area contributed by atoms with Gasteiger partial charge in [-0.15, -0.1) is 0 Å². The highest BCUT2D eigenvalue weighted by Gasteiger charge is 2.48. The summed E-state index contributed by atoms with van der Waals surface area (Å²) < 4.78 is 0. The maximum Gasteiger partial charge on any atom is 0.245 e. The highest BCUT2D eigenvalue weighted by atomic mass is 16.2. The van der Waals surface area contributed by atoms with Crippen molar-refractivity contribution in [3.63, 3.8) is 0 Å². The maximum absolute atomic E-state index is 13.1. The molecule has 0 bridgehead atoms. The van der Waals surface area contributed by atoms with Gasteiger partial charge in [0.15, 0.2) is 0 Å². The SMILES string of the molecule is CCC[C@H]1C(=O)N(CC2CCCCC2)CC2N1C(=O)CN(C)N2C=O. The molecule has 7 heteroatoms. The average Bonchev–Trinajstić information content (AvgIpc) is 2.59. The number of carbonyl (C=O) groups is 3. The number of rotatable bonds is 5. The molecule has 0 aromatic heterocycles. The number of carbonyl (C=O) groups excluding carboxylic acids is 3. The molecule has 2 aliphatic heterocycles. The number of nitrogens with zero attached hydrogens (tertiary/aromatic N) is 4. The fraction of sp³-hybridized carbons (Fsp3) is 0.833. The van der Waals surface area contributed by atoms with E-state index in [4.69, 9.17) is 0 Å². The summed E-state index contributed by atoms with van der Waals surface area (Å²) in [4.78, 5) is 40.9. The molecule has 7 nitrogen and oxygen atoms in total. The second kappa shape index (κ2) is 7.72. The second-order valence-electron chi connectivity index (χ2n) is 7.63. The lowest BCUT2D eigenvalue weighted by Crippen LogP contribution is -2.74. The van der Waals surface area contributed by atoms with E-state index in [1.54, 1.807) is 22.0 Å². The van der Waals surface area contributed by atoms with Gasteiger partial charge < -0.3 is 9.80 Å². The van der Waals surface area contributed by atoms with Crippen LogP contribution in [-0.4, -0.2) is 76.9 Å². The molecule has 1 saturated carbocycles. The Balaban J connectivity index is 1.82. The molecular formula is C18H30N4O3. The molecule has 2 atom stereocenters. The first-order chi connectivity index (χ1) is 12.1. The number of hydrogen-bond donors (Lipinski definition) is 0. The fourth-order valence-electron chi connectivity index (χ4n) is 4.58. The Kier molecular flexibility index (Phi) is 5.61. The quantitative estimate of drug-likeness (QED) is 0.695. The number of likely N-dealkylation sites (N-methyl/N-ethyl adjacent to an activating group) is 1. The van der Waals surface area contributed by atoms with E-state index in [2.05, 4.69) is 0 Å². The van der Waals surface area contributed by atoms with Gasteiger partial charge in [-0.25, -0.2) is 5.01 Å². The molecule has 3 aliphatic rings. The van der Waals surface area contributed by atoms with Gasteiger partial charge in [-0.2, -0.15) is 0 Å². The molecule has 140 valence electrons. The van der Waals surface area contributed by atoms with Gasteiger partial charge in [0.2, 0.25) is 18.2 Å². The van der Waals surface area contributed by atoms with Crippen molar-refractivity contribution in [1.82, 2.24) is 19.8 Å². The highest BCUT2D eigenvalue weighted by molar-refractivity contribution is 5.90. The van der Waals surface area contributed by atoms with E-state index in [1.807, 2.05) is 11.8 Å². The Hall–Kier alpha value is -1.63. The van der Waals surface area contributed by atoms with E-state index in [9.17, 15) is 14.4 Å². The van der Waals surface area contributed by atoms with Crippen LogP contribution >= 0.6 is 0 Å². The number of hydrogen-bond acceptors (Lipinski definition) is 4. The Bertz CT molecular complexity index is 520. The molecule has 2 heterocycles. The van der Waals surface area contributed by atoms with Crippen molar-refractivity contribution in [2.75, 3.05) is 26.7 Å². The smallest absolute Gasteiger partial charge is 0.245 e. The Morgan fingerprint density at radius 3 is 2.52 bits per heavy atom. The molecular weight excluding hydrogens is 320 g/mol. The van der Waals surface area contributed by atoms with Gasteiger partial charge in [-0.3, -0.25) is 19.4 Å². The Labute approximate surface area is 149 Å². The van der Waals surface area contributed by atoms with Crippen molar-refractivity contribution in [3.05, 3.63) is 0 Å². The van der Waals surface area contributed by atoms with Gasteiger partial charge in [0.25, 0.3) is 0 Å². The molecule has 0 radical (unpaired) electrons. The predicted molar refractivity (Wildman–Crippen MR) is 93.0 cm³/mol. The van der Waals surface area contributed by atoms with Gasteiger partial charge >= 0.3 is 0 Å². The average molecular weight is 350 g/mol. The summed E-state index contributed by atoms with van der Waals surface area (Å²) >= 11 is 0. The third-order valence-electron chi connectivity index (χ3n) is 5.86. The van der Waals surface area contributed by atoms with E-state index in [0.29, 0.717) is 18.9 Å². The van der Waals surface area contributed by atoms with Crippen LogP contribution in [0, 0.1) is 5.92 Å². The van der Waals surface area contributed by atoms with Crippen LogP contribution in [0.4, 0.5) is 0 Å². The zero-order valence-corrected chi connectivity index (χ0v) is 15.4. The summed E-state index contributed by atoms with van der Waals surface area (Å²) in [5, 5.41) is 3.23. The first-order valence-electron chi connectivity index (χ1n) is 9.61. The molecule has 0 aromatic carbocycles. The van der Waals surface area contributed by atoms with E-state index < -0.39 is 6.04 Å². The predicted octanol–water partition coefficient (Wildman–Crippen LogP) is 1.05.